The zero-order chi connectivity index (χ0) is 14.0. The van der Waals surface area contributed by atoms with Crippen molar-refractivity contribution in [3.8, 4) is 0 Å². The smallest absolute Gasteiger partial charge is 0.271 e. The second-order valence-corrected chi connectivity index (χ2v) is 8.47. The maximum Gasteiger partial charge on any atom is 0.271 e. The molecule has 0 saturated carbocycles. The zero-order valence-electron chi connectivity index (χ0n) is 9.98. The van der Waals surface area contributed by atoms with Gasteiger partial charge < -0.3 is 0 Å². The number of benzene rings is 1. The first-order chi connectivity index (χ1) is 8.94. The van der Waals surface area contributed by atoms with Crippen LogP contribution in [0.3, 0.4) is 0 Å². The summed E-state index contributed by atoms with van der Waals surface area (Å²) in [6.07, 6.45) is 0. The van der Waals surface area contributed by atoms with Crippen molar-refractivity contribution < 1.29 is 8.42 Å². The fourth-order valence-corrected chi connectivity index (χ4v) is 5.06. The lowest BCUT2D eigenvalue weighted by atomic mass is 10.2. The van der Waals surface area contributed by atoms with E-state index >= 15 is 0 Å². The van der Waals surface area contributed by atoms with E-state index in [9.17, 15) is 8.42 Å². The van der Waals surface area contributed by atoms with Crippen LogP contribution in [0.1, 0.15) is 11.1 Å². The van der Waals surface area contributed by atoms with E-state index in [4.69, 9.17) is 11.6 Å². The van der Waals surface area contributed by atoms with E-state index in [2.05, 4.69) is 20.7 Å². The van der Waals surface area contributed by atoms with Crippen LogP contribution in [0.4, 0.5) is 5.69 Å². The number of alkyl halides is 1. The number of nitrogens with one attached hydrogen (secondary N) is 1. The maximum absolute atomic E-state index is 12.3. The topological polar surface area (TPSA) is 46.2 Å². The Morgan fingerprint density at radius 1 is 1.37 bits per heavy atom. The van der Waals surface area contributed by atoms with E-state index in [1.54, 1.807) is 24.3 Å². The number of anilines is 1. The minimum atomic E-state index is -3.57. The van der Waals surface area contributed by atoms with Gasteiger partial charge in [-0.15, -0.1) is 22.9 Å². The number of hydrogen-bond acceptors (Lipinski definition) is 3. The average molecular weight is 381 g/mol. The molecule has 1 heterocycles. The Bertz CT molecular complexity index is 678. The summed E-state index contributed by atoms with van der Waals surface area (Å²) in [7, 11) is -3.57. The minimum absolute atomic E-state index is 0.256. The van der Waals surface area contributed by atoms with Gasteiger partial charge in [0, 0.05) is 5.88 Å². The molecule has 0 bridgehead atoms. The Hall–Kier alpha value is -0.560. The van der Waals surface area contributed by atoms with Crippen LogP contribution >= 0.6 is 38.9 Å². The lowest BCUT2D eigenvalue weighted by molar-refractivity contribution is 0.603. The quantitative estimate of drug-likeness (QED) is 0.801. The molecule has 0 spiro atoms. The molecule has 3 nitrogen and oxygen atoms in total. The molecule has 0 saturated heterocycles. The molecule has 1 aromatic heterocycles. The Morgan fingerprint density at radius 3 is 2.63 bits per heavy atom. The van der Waals surface area contributed by atoms with E-state index in [1.165, 1.54) is 11.3 Å². The molecular weight excluding hydrogens is 370 g/mol. The summed E-state index contributed by atoms with van der Waals surface area (Å²) >= 11 is 10.3. The van der Waals surface area contributed by atoms with Crippen molar-refractivity contribution >= 4 is 54.6 Å². The number of rotatable bonds is 4. The van der Waals surface area contributed by atoms with Crippen LogP contribution in [0, 0.1) is 6.92 Å². The number of aryl methyl sites for hydroxylation is 1. The average Bonchev–Trinajstić information content (AvgIpc) is 2.71. The molecule has 19 heavy (non-hydrogen) atoms. The summed E-state index contributed by atoms with van der Waals surface area (Å²) in [5, 5.41) is 0. The highest BCUT2D eigenvalue weighted by atomic mass is 79.9. The van der Waals surface area contributed by atoms with Gasteiger partial charge in [0.25, 0.3) is 10.0 Å². The van der Waals surface area contributed by atoms with E-state index in [-0.39, 0.29) is 10.1 Å². The summed E-state index contributed by atoms with van der Waals surface area (Å²) in [6.45, 7) is 1.85. The van der Waals surface area contributed by atoms with Gasteiger partial charge in [-0.25, -0.2) is 8.42 Å². The van der Waals surface area contributed by atoms with Gasteiger partial charge >= 0.3 is 0 Å². The summed E-state index contributed by atoms with van der Waals surface area (Å²) in [5.74, 6) is 0.256. The molecule has 0 aliphatic carbocycles. The van der Waals surface area contributed by atoms with Crippen molar-refractivity contribution in [2.75, 3.05) is 4.72 Å². The first kappa shape index (κ1) is 14.8. The molecular formula is C12H11BrClNO2S2. The highest BCUT2D eigenvalue weighted by Crippen LogP contribution is 2.32. The van der Waals surface area contributed by atoms with Gasteiger partial charge in [0.1, 0.15) is 4.21 Å². The summed E-state index contributed by atoms with van der Waals surface area (Å²) in [5.41, 5.74) is 2.16. The summed E-state index contributed by atoms with van der Waals surface area (Å²) in [4.78, 5) is 0. The zero-order valence-corrected chi connectivity index (χ0v) is 14.0. The van der Waals surface area contributed by atoms with Gasteiger partial charge in [-0.05, 0) is 46.1 Å². The third-order valence-corrected chi connectivity index (χ3v) is 6.77. The molecule has 0 unspecified atom stereocenters. The van der Waals surface area contributed by atoms with Gasteiger partial charge in [-0.3, -0.25) is 4.72 Å². The highest BCUT2D eigenvalue weighted by molar-refractivity contribution is 9.11. The predicted octanol–water partition coefficient (Wildman–Crippen LogP) is 4.36. The molecule has 0 radical (unpaired) electrons. The molecule has 7 heteroatoms. The molecule has 1 aromatic carbocycles. The molecule has 0 aliphatic rings. The van der Waals surface area contributed by atoms with Crippen LogP contribution in [0.2, 0.25) is 0 Å². The van der Waals surface area contributed by atoms with Crippen molar-refractivity contribution in [3.63, 3.8) is 0 Å². The summed E-state index contributed by atoms with van der Waals surface area (Å²) < 4.78 is 28.2. The van der Waals surface area contributed by atoms with Gasteiger partial charge in [0.15, 0.2) is 0 Å². The van der Waals surface area contributed by atoms with Crippen molar-refractivity contribution in [1.29, 1.82) is 0 Å². The van der Waals surface area contributed by atoms with E-state index in [0.29, 0.717) is 5.69 Å². The second-order valence-electron chi connectivity index (χ2n) is 3.92. The molecule has 0 fully saturated rings. The monoisotopic (exact) mass is 379 g/mol. The molecule has 1 N–H and O–H groups in total. The third-order valence-electron chi connectivity index (χ3n) is 2.51. The van der Waals surface area contributed by atoms with Crippen LogP contribution in [-0.4, -0.2) is 8.42 Å². The van der Waals surface area contributed by atoms with Crippen LogP contribution in [0.25, 0.3) is 0 Å². The third kappa shape index (κ3) is 3.31. The van der Waals surface area contributed by atoms with Crippen LogP contribution < -0.4 is 4.72 Å². The molecule has 2 rings (SSSR count). The van der Waals surface area contributed by atoms with Gasteiger partial charge in [-0.2, -0.15) is 0 Å². The van der Waals surface area contributed by atoms with Gasteiger partial charge in [0.2, 0.25) is 0 Å². The molecule has 102 valence electrons. The largest absolute Gasteiger partial charge is 0.279 e. The van der Waals surface area contributed by atoms with E-state index in [0.717, 1.165) is 14.9 Å². The van der Waals surface area contributed by atoms with Gasteiger partial charge in [-0.1, -0.05) is 18.2 Å². The minimum Gasteiger partial charge on any atom is -0.279 e. The van der Waals surface area contributed by atoms with Crippen molar-refractivity contribution in [2.45, 2.75) is 17.0 Å². The lowest BCUT2D eigenvalue weighted by Crippen LogP contribution is -2.12. The second kappa shape index (κ2) is 5.83. The molecule has 2 aromatic rings. The van der Waals surface area contributed by atoms with E-state index < -0.39 is 10.0 Å². The lowest BCUT2D eigenvalue weighted by Gasteiger charge is -2.09. The SMILES string of the molecule is Cc1cc(S(=O)(=O)Nc2ccccc2CCl)sc1Br. The van der Waals surface area contributed by atoms with Crippen LogP contribution in [0.5, 0.6) is 0 Å². The Labute approximate surface area is 129 Å². The number of thiophene rings is 1. The number of halogens is 2. The van der Waals surface area contributed by atoms with E-state index in [1.807, 2.05) is 13.0 Å². The summed E-state index contributed by atoms with van der Waals surface area (Å²) in [6, 6.07) is 8.72. The van der Waals surface area contributed by atoms with Crippen LogP contribution in [0.15, 0.2) is 38.3 Å². The fourth-order valence-electron chi connectivity index (χ4n) is 1.50. The maximum atomic E-state index is 12.3. The van der Waals surface area contributed by atoms with Gasteiger partial charge in [0.05, 0.1) is 9.47 Å². The Morgan fingerprint density at radius 2 is 2.05 bits per heavy atom. The first-order valence-electron chi connectivity index (χ1n) is 5.36. The standard InChI is InChI=1S/C12H11BrClNO2S2/c1-8-6-11(18-12(8)13)19(16,17)15-10-5-3-2-4-9(10)7-14/h2-6,15H,7H2,1H3. The van der Waals surface area contributed by atoms with Crippen molar-refractivity contribution in [3.05, 3.63) is 45.2 Å². The van der Waals surface area contributed by atoms with Crippen molar-refractivity contribution in [1.82, 2.24) is 0 Å². The number of para-hydroxylation sites is 1. The Balaban J connectivity index is 2.36. The fraction of sp³-hybridized carbons (Fsp3) is 0.167. The Kier molecular flexibility index (Phi) is 4.55. The molecule has 0 amide bonds. The predicted molar refractivity (Wildman–Crippen MR) is 83.6 cm³/mol. The normalized spacial score (nSPS) is 11.5. The molecule has 0 atom stereocenters. The number of sulfonamides is 1. The van der Waals surface area contributed by atoms with Crippen molar-refractivity contribution in [2.24, 2.45) is 0 Å². The number of hydrogen-bond donors (Lipinski definition) is 1. The first-order valence-corrected chi connectivity index (χ1v) is 8.99. The molecule has 0 aliphatic heterocycles. The highest BCUT2D eigenvalue weighted by Gasteiger charge is 2.19. The van der Waals surface area contributed by atoms with Crippen LogP contribution in [-0.2, 0) is 15.9 Å².